The van der Waals surface area contributed by atoms with Crippen LogP contribution in [0.15, 0.2) is 70.4 Å². The highest BCUT2D eigenvalue weighted by molar-refractivity contribution is 5.90. The van der Waals surface area contributed by atoms with Crippen molar-refractivity contribution in [3.05, 3.63) is 87.2 Å². The van der Waals surface area contributed by atoms with Crippen LogP contribution >= 0.6 is 0 Å². The van der Waals surface area contributed by atoms with Gasteiger partial charge in [-0.2, -0.15) is 0 Å². The molecule has 1 amide bonds. The Bertz CT molecular complexity index is 1360. The lowest BCUT2D eigenvalue weighted by Gasteiger charge is -2.11. The molecule has 0 aliphatic rings. The number of nitrogens with zero attached hydrogens (tertiary/aromatic N) is 4. The molecule has 0 bridgehead atoms. The molecule has 0 atom stereocenters. The first-order chi connectivity index (χ1) is 14.4. The van der Waals surface area contributed by atoms with E-state index in [4.69, 9.17) is 0 Å². The Kier molecular flexibility index (Phi) is 4.97. The second-order valence-corrected chi connectivity index (χ2v) is 6.94. The molecule has 0 saturated carbocycles. The summed E-state index contributed by atoms with van der Waals surface area (Å²) in [5.41, 5.74) is 1.45. The molecule has 0 radical (unpaired) electrons. The molecule has 0 fully saturated rings. The predicted molar refractivity (Wildman–Crippen MR) is 114 cm³/mol. The average Bonchev–Trinajstić information content (AvgIpc) is 2.76. The molecule has 2 heterocycles. The molecule has 150 valence electrons. The summed E-state index contributed by atoms with van der Waals surface area (Å²) < 4.78 is 2.14. The van der Waals surface area contributed by atoms with Crippen LogP contribution in [-0.2, 0) is 18.4 Å². The van der Waals surface area contributed by atoms with Crippen LogP contribution in [0.3, 0.4) is 0 Å². The monoisotopic (exact) mass is 401 g/mol. The van der Waals surface area contributed by atoms with Gasteiger partial charge in [0.15, 0.2) is 11.5 Å². The van der Waals surface area contributed by atoms with Crippen molar-refractivity contribution in [3.63, 3.8) is 0 Å². The van der Waals surface area contributed by atoms with Crippen LogP contribution in [-0.4, -0.2) is 25.0 Å². The number of rotatable bonds is 4. The van der Waals surface area contributed by atoms with Gasteiger partial charge in [-0.3, -0.25) is 18.7 Å². The Morgan fingerprint density at radius 1 is 1.03 bits per heavy atom. The molecule has 4 aromatic rings. The van der Waals surface area contributed by atoms with Crippen molar-refractivity contribution in [1.29, 1.82) is 0 Å². The first kappa shape index (κ1) is 19.3. The van der Waals surface area contributed by atoms with Gasteiger partial charge in [-0.05, 0) is 19.1 Å². The highest BCUT2D eigenvalue weighted by atomic mass is 16.2. The molecule has 30 heavy (non-hydrogen) atoms. The molecule has 1 N–H and O–H groups in total. The minimum absolute atomic E-state index is 0.167. The fourth-order valence-electron chi connectivity index (χ4n) is 3.13. The van der Waals surface area contributed by atoms with Gasteiger partial charge in [0.1, 0.15) is 11.9 Å². The maximum absolute atomic E-state index is 12.9. The van der Waals surface area contributed by atoms with E-state index in [2.05, 4.69) is 15.3 Å². The summed E-state index contributed by atoms with van der Waals surface area (Å²) in [5, 5.41) is 2.84. The number of para-hydroxylation sites is 1. The third kappa shape index (κ3) is 3.62. The maximum atomic E-state index is 12.9. The van der Waals surface area contributed by atoms with Crippen LogP contribution in [0.5, 0.6) is 0 Å². The standard InChI is InChI=1S/C22H19N5O3/c1-14-8-10-15(11-9-14)19-23-12-17-20(25-19)26(2)22(30)27(21(17)29)13-18(28)24-16-6-4-3-5-7-16/h3-12H,13H2,1-2H3,(H,24,28). The Morgan fingerprint density at radius 3 is 2.43 bits per heavy atom. The van der Waals surface area contributed by atoms with Gasteiger partial charge in [0.2, 0.25) is 5.91 Å². The molecule has 0 aliphatic carbocycles. The van der Waals surface area contributed by atoms with Crippen molar-refractivity contribution in [3.8, 4) is 11.4 Å². The fourth-order valence-corrected chi connectivity index (χ4v) is 3.13. The molecule has 2 aromatic heterocycles. The van der Waals surface area contributed by atoms with Gasteiger partial charge in [0.05, 0.1) is 0 Å². The number of hydrogen-bond acceptors (Lipinski definition) is 5. The van der Waals surface area contributed by atoms with Crippen molar-refractivity contribution in [2.45, 2.75) is 13.5 Å². The second-order valence-electron chi connectivity index (χ2n) is 6.94. The number of hydrogen-bond donors (Lipinski definition) is 1. The normalized spacial score (nSPS) is 10.9. The Morgan fingerprint density at radius 2 is 1.73 bits per heavy atom. The molecule has 0 saturated heterocycles. The zero-order valence-electron chi connectivity index (χ0n) is 16.5. The molecule has 8 heteroatoms. The molecular weight excluding hydrogens is 382 g/mol. The van der Waals surface area contributed by atoms with Crippen LogP contribution in [0.25, 0.3) is 22.4 Å². The van der Waals surface area contributed by atoms with Gasteiger partial charge < -0.3 is 5.32 Å². The van der Waals surface area contributed by atoms with Gasteiger partial charge >= 0.3 is 5.69 Å². The van der Waals surface area contributed by atoms with Gasteiger partial charge in [0, 0.05) is 24.5 Å². The third-order valence-corrected chi connectivity index (χ3v) is 4.75. The number of carbonyl (C=O) groups excluding carboxylic acids is 1. The first-order valence-electron chi connectivity index (χ1n) is 9.32. The lowest BCUT2D eigenvalue weighted by molar-refractivity contribution is -0.116. The molecule has 2 aromatic carbocycles. The molecule has 0 spiro atoms. The lowest BCUT2D eigenvalue weighted by Crippen LogP contribution is -2.42. The van der Waals surface area contributed by atoms with Crippen molar-refractivity contribution in [2.24, 2.45) is 7.05 Å². The van der Waals surface area contributed by atoms with E-state index in [1.807, 2.05) is 37.3 Å². The van der Waals surface area contributed by atoms with Gasteiger partial charge in [-0.1, -0.05) is 48.0 Å². The van der Waals surface area contributed by atoms with Crippen molar-refractivity contribution < 1.29 is 4.79 Å². The summed E-state index contributed by atoms with van der Waals surface area (Å²) in [6.45, 7) is 1.57. The molecule has 0 unspecified atom stereocenters. The number of anilines is 1. The van der Waals surface area contributed by atoms with E-state index in [1.54, 1.807) is 24.3 Å². The minimum atomic E-state index is -0.621. The number of nitrogens with one attached hydrogen (secondary N) is 1. The van der Waals surface area contributed by atoms with E-state index < -0.39 is 23.7 Å². The largest absolute Gasteiger partial charge is 0.332 e. The first-order valence-corrected chi connectivity index (χ1v) is 9.32. The van der Waals surface area contributed by atoms with Crippen molar-refractivity contribution >= 4 is 22.6 Å². The van der Waals surface area contributed by atoms with Crippen LogP contribution in [0, 0.1) is 6.92 Å². The number of fused-ring (bicyclic) bond motifs is 1. The summed E-state index contributed by atoms with van der Waals surface area (Å²) in [4.78, 5) is 46.7. The second kappa shape index (κ2) is 7.75. The number of aromatic nitrogens is 4. The summed E-state index contributed by atoms with van der Waals surface area (Å²) in [7, 11) is 1.52. The quantitative estimate of drug-likeness (QED) is 0.565. The van der Waals surface area contributed by atoms with Gasteiger partial charge in [-0.15, -0.1) is 0 Å². The summed E-state index contributed by atoms with van der Waals surface area (Å²) >= 11 is 0. The number of amides is 1. The smallest absolute Gasteiger partial charge is 0.325 e. The molecular formula is C22H19N5O3. The van der Waals surface area contributed by atoms with Gasteiger partial charge in [0.25, 0.3) is 5.56 Å². The summed E-state index contributed by atoms with van der Waals surface area (Å²) in [6, 6.07) is 16.5. The van der Waals surface area contributed by atoms with E-state index >= 15 is 0 Å². The highest BCUT2D eigenvalue weighted by Gasteiger charge is 2.16. The number of carbonyl (C=O) groups is 1. The fraction of sp³-hybridized carbons (Fsp3) is 0.136. The summed E-state index contributed by atoms with van der Waals surface area (Å²) in [6.07, 6.45) is 1.39. The summed E-state index contributed by atoms with van der Waals surface area (Å²) in [5.74, 6) is -0.0617. The van der Waals surface area contributed by atoms with Crippen molar-refractivity contribution in [1.82, 2.24) is 19.1 Å². The maximum Gasteiger partial charge on any atom is 0.332 e. The van der Waals surface area contributed by atoms with Crippen molar-refractivity contribution in [2.75, 3.05) is 5.32 Å². The average molecular weight is 401 g/mol. The molecule has 0 aliphatic heterocycles. The zero-order chi connectivity index (χ0) is 21.3. The number of benzene rings is 2. The minimum Gasteiger partial charge on any atom is -0.325 e. The molecule has 4 rings (SSSR count). The van der Waals surface area contributed by atoms with Crippen LogP contribution in [0.4, 0.5) is 5.69 Å². The van der Waals surface area contributed by atoms with Gasteiger partial charge in [-0.25, -0.2) is 14.8 Å². The van der Waals surface area contributed by atoms with E-state index in [1.165, 1.54) is 17.8 Å². The molecule has 8 nitrogen and oxygen atoms in total. The topological polar surface area (TPSA) is 98.9 Å². The number of aryl methyl sites for hydroxylation is 2. The highest BCUT2D eigenvalue weighted by Crippen LogP contribution is 2.17. The predicted octanol–water partition coefficient (Wildman–Crippen LogP) is 2.10. The Labute approximate surface area is 171 Å². The van der Waals surface area contributed by atoms with Crippen LogP contribution < -0.4 is 16.6 Å². The van der Waals surface area contributed by atoms with E-state index in [0.29, 0.717) is 11.5 Å². The SMILES string of the molecule is Cc1ccc(-c2ncc3c(=O)n(CC(=O)Nc4ccccc4)c(=O)n(C)c3n2)cc1. The van der Waals surface area contributed by atoms with E-state index in [9.17, 15) is 14.4 Å². The zero-order valence-corrected chi connectivity index (χ0v) is 16.5. The third-order valence-electron chi connectivity index (χ3n) is 4.75. The lowest BCUT2D eigenvalue weighted by atomic mass is 10.1. The Balaban J connectivity index is 1.73. The van der Waals surface area contributed by atoms with Crippen LogP contribution in [0.1, 0.15) is 5.56 Å². The van der Waals surface area contributed by atoms with E-state index in [-0.39, 0.29) is 11.0 Å². The Hall–Kier alpha value is -4.07. The van der Waals surface area contributed by atoms with Crippen LogP contribution in [0.2, 0.25) is 0 Å². The van der Waals surface area contributed by atoms with E-state index in [0.717, 1.165) is 15.7 Å².